The summed E-state index contributed by atoms with van der Waals surface area (Å²) in [7, 11) is 0. The summed E-state index contributed by atoms with van der Waals surface area (Å²) >= 11 is 0. The van der Waals surface area contributed by atoms with Crippen molar-refractivity contribution in [2.24, 2.45) is 0 Å². The van der Waals surface area contributed by atoms with Gasteiger partial charge in [-0.1, -0.05) is 0 Å². The predicted molar refractivity (Wildman–Crippen MR) is 103 cm³/mol. The second-order valence-electron chi connectivity index (χ2n) is 7.72. The van der Waals surface area contributed by atoms with Gasteiger partial charge >= 0.3 is 0 Å². The molecule has 2 fully saturated rings. The smallest absolute Gasteiger partial charge is 0.253 e. The molecule has 2 aliphatic heterocycles. The van der Waals surface area contributed by atoms with Gasteiger partial charge < -0.3 is 14.8 Å². The molecule has 0 spiro atoms. The summed E-state index contributed by atoms with van der Waals surface area (Å²) in [5.41, 5.74) is 2.83. The summed E-state index contributed by atoms with van der Waals surface area (Å²) < 4.78 is 2.32. The van der Waals surface area contributed by atoms with Gasteiger partial charge in [0, 0.05) is 50.9 Å². The fraction of sp³-hybridized carbons (Fsp3) is 0.600. The molecule has 4 rings (SSSR count). The van der Waals surface area contributed by atoms with E-state index in [9.17, 15) is 4.79 Å². The third-order valence-corrected chi connectivity index (χ3v) is 5.49. The summed E-state index contributed by atoms with van der Waals surface area (Å²) in [6.07, 6.45) is 2.23. The van der Waals surface area contributed by atoms with Gasteiger partial charge in [0.25, 0.3) is 5.91 Å². The first-order valence-electron chi connectivity index (χ1n) is 9.86. The second kappa shape index (κ2) is 7.37. The second-order valence-corrected chi connectivity index (χ2v) is 7.72. The van der Waals surface area contributed by atoms with Crippen molar-refractivity contribution in [2.45, 2.75) is 39.3 Å². The van der Waals surface area contributed by atoms with Crippen LogP contribution in [-0.2, 0) is 6.54 Å². The molecule has 1 N–H and O–H groups in total. The largest absolute Gasteiger partial charge is 0.339 e. The molecule has 3 heterocycles. The third kappa shape index (κ3) is 3.35. The molecule has 0 bridgehead atoms. The van der Waals surface area contributed by atoms with Gasteiger partial charge in [0.2, 0.25) is 0 Å². The molecular weight excluding hydrogens is 326 g/mol. The van der Waals surface area contributed by atoms with Crippen LogP contribution < -0.4 is 5.32 Å². The van der Waals surface area contributed by atoms with Crippen LogP contribution in [-0.4, -0.2) is 64.5 Å². The van der Waals surface area contributed by atoms with Crippen LogP contribution >= 0.6 is 0 Å². The van der Waals surface area contributed by atoms with Gasteiger partial charge in [-0.05, 0) is 44.9 Å². The SMILES string of the molecule is CC(C)n1c(CN2CCNCC2)nc2cc(C(=O)N3CCCC3)ccc21. The van der Waals surface area contributed by atoms with Crippen molar-refractivity contribution in [3.8, 4) is 0 Å². The minimum Gasteiger partial charge on any atom is -0.339 e. The number of hydrogen-bond acceptors (Lipinski definition) is 4. The molecule has 0 unspecified atom stereocenters. The number of carbonyl (C=O) groups excluding carboxylic acids is 1. The summed E-state index contributed by atoms with van der Waals surface area (Å²) in [4.78, 5) is 22.0. The van der Waals surface area contributed by atoms with Crippen LogP contribution in [0.1, 0.15) is 48.9 Å². The summed E-state index contributed by atoms with van der Waals surface area (Å²) in [6.45, 7) is 11.2. The highest BCUT2D eigenvalue weighted by molar-refractivity contribution is 5.97. The van der Waals surface area contributed by atoms with E-state index >= 15 is 0 Å². The molecule has 2 saturated heterocycles. The number of benzene rings is 1. The zero-order valence-electron chi connectivity index (χ0n) is 15.9. The lowest BCUT2D eigenvalue weighted by Crippen LogP contribution is -2.43. The van der Waals surface area contributed by atoms with Crippen LogP contribution in [0.2, 0.25) is 0 Å². The van der Waals surface area contributed by atoms with Crippen LogP contribution in [0.4, 0.5) is 0 Å². The fourth-order valence-corrected chi connectivity index (χ4v) is 4.14. The van der Waals surface area contributed by atoms with E-state index in [-0.39, 0.29) is 5.91 Å². The van der Waals surface area contributed by atoms with Gasteiger partial charge in [-0.15, -0.1) is 0 Å². The minimum absolute atomic E-state index is 0.146. The first-order valence-corrected chi connectivity index (χ1v) is 9.86. The quantitative estimate of drug-likeness (QED) is 0.914. The van der Waals surface area contributed by atoms with Crippen molar-refractivity contribution < 1.29 is 4.79 Å². The molecule has 0 aliphatic carbocycles. The Hall–Kier alpha value is -1.92. The standard InChI is InChI=1S/C20H29N5O/c1-15(2)25-18-6-5-16(20(26)24-9-3-4-10-24)13-17(18)22-19(25)14-23-11-7-21-8-12-23/h5-6,13,15,21H,3-4,7-12,14H2,1-2H3. The molecule has 6 nitrogen and oxygen atoms in total. The summed E-state index contributed by atoms with van der Waals surface area (Å²) in [5.74, 6) is 1.25. The molecular formula is C20H29N5O. The molecule has 1 amide bonds. The number of carbonyl (C=O) groups is 1. The van der Waals surface area contributed by atoms with Crippen molar-refractivity contribution in [1.82, 2.24) is 24.7 Å². The molecule has 2 aliphatic rings. The number of fused-ring (bicyclic) bond motifs is 1. The maximum Gasteiger partial charge on any atom is 0.253 e. The molecule has 26 heavy (non-hydrogen) atoms. The normalized spacial score (nSPS) is 19.0. The number of likely N-dealkylation sites (tertiary alicyclic amines) is 1. The molecule has 1 aromatic carbocycles. The Kier molecular flexibility index (Phi) is 4.96. The van der Waals surface area contributed by atoms with Crippen LogP contribution in [0, 0.1) is 0 Å². The Morgan fingerprint density at radius 1 is 1.15 bits per heavy atom. The van der Waals surface area contributed by atoms with Crippen molar-refractivity contribution in [3.63, 3.8) is 0 Å². The number of hydrogen-bond donors (Lipinski definition) is 1. The molecule has 140 valence electrons. The van der Waals surface area contributed by atoms with E-state index in [0.717, 1.165) is 81.1 Å². The van der Waals surface area contributed by atoms with Crippen LogP contribution in [0.25, 0.3) is 11.0 Å². The predicted octanol–water partition coefficient (Wildman–Crippen LogP) is 2.26. The van der Waals surface area contributed by atoms with Crippen molar-refractivity contribution in [1.29, 1.82) is 0 Å². The highest BCUT2D eigenvalue weighted by Crippen LogP contribution is 2.24. The van der Waals surface area contributed by atoms with Gasteiger partial charge in [-0.25, -0.2) is 4.98 Å². The molecule has 6 heteroatoms. The zero-order chi connectivity index (χ0) is 18.1. The van der Waals surface area contributed by atoms with Gasteiger partial charge in [0.1, 0.15) is 5.82 Å². The summed E-state index contributed by atoms with van der Waals surface area (Å²) in [5, 5.41) is 3.40. The number of piperazine rings is 1. The summed E-state index contributed by atoms with van der Waals surface area (Å²) in [6, 6.07) is 6.37. The molecule has 0 atom stereocenters. The lowest BCUT2D eigenvalue weighted by Gasteiger charge is -2.27. The lowest BCUT2D eigenvalue weighted by atomic mass is 10.1. The highest BCUT2D eigenvalue weighted by atomic mass is 16.2. The number of imidazole rings is 1. The van der Waals surface area contributed by atoms with Gasteiger partial charge in [-0.3, -0.25) is 9.69 Å². The first-order chi connectivity index (χ1) is 12.6. The number of rotatable bonds is 4. The molecule has 0 saturated carbocycles. The Morgan fingerprint density at radius 2 is 1.88 bits per heavy atom. The van der Waals surface area contributed by atoms with Crippen LogP contribution in [0.15, 0.2) is 18.2 Å². The van der Waals surface area contributed by atoms with Crippen molar-refractivity contribution >= 4 is 16.9 Å². The topological polar surface area (TPSA) is 53.4 Å². The van der Waals surface area contributed by atoms with E-state index in [1.165, 1.54) is 0 Å². The van der Waals surface area contributed by atoms with Crippen molar-refractivity contribution in [3.05, 3.63) is 29.6 Å². The highest BCUT2D eigenvalue weighted by Gasteiger charge is 2.22. The van der Waals surface area contributed by atoms with Gasteiger partial charge in [0.05, 0.1) is 17.6 Å². The zero-order valence-corrected chi connectivity index (χ0v) is 15.9. The monoisotopic (exact) mass is 355 g/mol. The first kappa shape index (κ1) is 17.5. The number of aromatic nitrogens is 2. The van der Waals surface area contributed by atoms with Crippen molar-refractivity contribution in [2.75, 3.05) is 39.3 Å². The van der Waals surface area contributed by atoms with E-state index in [4.69, 9.17) is 4.98 Å². The minimum atomic E-state index is 0.146. The lowest BCUT2D eigenvalue weighted by molar-refractivity contribution is 0.0793. The number of amides is 1. The van der Waals surface area contributed by atoms with E-state index < -0.39 is 0 Å². The van der Waals surface area contributed by atoms with E-state index in [0.29, 0.717) is 6.04 Å². The number of nitrogens with one attached hydrogen (secondary N) is 1. The maximum absolute atomic E-state index is 12.7. The van der Waals surface area contributed by atoms with Crippen LogP contribution in [0.5, 0.6) is 0 Å². The number of nitrogens with zero attached hydrogens (tertiary/aromatic N) is 4. The average Bonchev–Trinajstić information content (AvgIpc) is 3.29. The molecule has 1 aromatic heterocycles. The third-order valence-electron chi connectivity index (χ3n) is 5.49. The molecule has 0 radical (unpaired) electrons. The van der Waals surface area contributed by atoms with Gasteiger partial charge in [0.15, 0.2) is 0 Å². The Bertz CT molecular complexity index is 785. The Labute approximate surface area is 155 Å². The van der Waals surface area contributed by atoms with E-state index in [1.54, 1.807) is 0 Å². The fourth-order valence-electron chi connectivity index (χ4n) is 4.14. The van der Waals surface area contributed by atoms with Gasteiger partial charge in [-0.2, -0.15) is 0 Å². The average molecular weight is 355 g/mol. The Balaban J connectivity index is 1.65. The molecule has 2 aromatic rings. The van der Waals surface area contributed by atoms with Crippen LogP contribution in [0.3, 0.4) is 0 Å². The van der Waals surface area contributed by atoms with E-state index in [1.807, 2.05) is 17.0 Å². The van der Waals surface area contributed by atoms with E-state index in [2.05, 4.69) is 34.7 Å². The Morgan fingerprint density at radius 3 is 2.58 bits per heavy atom. The maximum atomic E-state index is 12.7.